The monoisotopic (exact) mass is 458 g/mol. The summed E-state index contributed by atoms with van der Waals surface area (Å²) in [7, 11) is 3.31. The van der Waals surface area contributed by atoms with Crippen molar-refractivity contribution in [3.63, 3.8) is 0 Å². The van der Waals surface area contributed by atoms with E-state index in [1.54, 1.807) is 14.2 Å². The third-order valence-corrected chi connectivity index (χ3v) is 4.99. The summed E-state index contributed by atoms with van der Waals surface area (Å²) < 4.78 is 21.5. The van der Waals surface area contributed by atoms with E-state index in [9.17, 15) is 0 Å². The molecular weight excluding hydrogens is 427 g/mol. The zero-order valence-corrected chi connectivity index (χ0v) is 19.0. The summed E-state index contributed by atoms with van der Waals surface area (Å²) in [6, 6.07) is 15.9. The van der Waals surface area contributed by atoms with E-state index in [4.69, 9.17) is 30.4 Å². The maximum atomic E-state index is 5.68. The second-order valence-corrected chi connectivity index (χ2v) is 7.29. The zero-order chi connectivity index (χ0) is 19.9. The molecule has 0 heterocycles. The van der Waals surface area contributed by atoms with E-state index in [-0.39, 0.29) is 24.8 Å². The molecule has 2 aliphatic carbocycles. The average Bonchev–Trinajstić information content (AvgIpc) is 2.67. The van der Waals surface area contributed by atoms with E-state index >= 15 is 0 Å². The molecule has 30 heavy (non-hydrogen) atoms. The lowest BCUT2D eigenvalue weighted by atomic mass is 9.90. The number of nitrogens with two attached hydrogens (primary N) is 2. The van der Waals surface area contributed by atoms with Crippen LogP contribution in [-0.2, 0) is 0 Å². The summed E-state index contributed by atoms with van der Waals surface area (Å²) >= 11 is 0. The topological polar surface area (TPSA) is 89.0 Å². The first-order valence-corrected chi connectivity index (χ1v) is 9.68. The van der Waals surface area contributed by atoms with Crippen LogP contribution in [0.1, 0.15) is 25.7 Å². The molecule has 0 bridgehead atoms. The molecule has 0 amide bonds. The van der Waals surface area contributed by atoms with Gasteiger partial charge < -0.3 is 30.4 Å². The van der Waals surface area contributed by atoms with Gasteiger partial charge >= 0.3 is 0 Å². The highest BCUT2D eigenvalue weighted by atomic mass is 35.5. The summed E-state index contributed by atoms with van der Waals surface area (Å²) in [6.45, 7) is 0. The first kappa shape index (κ1) is 26.2. The highest BCUT2D eigenvalue weighted by molar-refractivity contribution is 5.85. The first-order valence-electron chi connectivity index (χ1n) is 9.68. The van der Waals surface area contributed by atoms with Crippen molar-refractivity contribution in [2.75, 3.05) is 14.2 Å². The van der Waals surface area contributed by atoms with Crippen LogP contribution in [0.2, 0.25) is 0 Å². The SMILES string of the molecule is COc1ccc(OC2CC(N)C2)cc1.COc1ccc(OC2CC(N)C2)cc1.Cl.Cl. The maximum Gasteiger partial charge on any atom is 0.119 e. The average molecular weight is 459 g/mol. The third-order valence-electron chi connectivity index (χ3n) is 4.99. The van der Waals surface area contributed by atoms with Gasteiger partial charge in [-0.3, -0.25) is 0 Å². The van der Waals surface area contributed by atoms with Crippen molar-refractivity contribution in [3.8, 4) is 23.0 Å². The molecule has 4 N–H and O–H groups in total. The van der Waals surface area contributed by atoms with E-state index < -0.39 is 0 Å². The second kappa shape index (κ2) is 12.7. The van der Waals surface area contributed by atoms with Crippen LogP contribution in [-0.4, -0.2) is 38.5 Å². The van der Waals surface area contributed by atoms with Gasteiger partial charge in [-0.05, 0) is 74.2 Å². The molecule has 2 aromatic carbocycles. The van der Waals surface area contributed by atoms with Crippen molar-refractivity contribution in [1.82, 2.24) is 0 Å². The molecule has 2 saturated carbocycles. The second-order valence-electron chi connectivity index (χ2n) is 7.29. The van der Waals surface area contributed by atoms with Gasteiger partial charge in [0.25, 0.3) is 0 Å². The Hall–Kier alpha value is -1.86. The fraction of sp³-hybridized carbons (Fsp3) is 0.455. The summed E-state index contributed by atoms with van der Waals surface area (Å²) in [4.78, 5) is 0. The number of ether oxygens (including phenoxy) is 4. The Labute approximate surface area is 191 Å². The van der Waals surface area contributed by atoms with Gasteiger partial charge in [0.2, 0.25) is 0 Å². The van der Waals surface area contributed by atoms with Crippen molar-refractivity contribution in [2.45, 2.75) is 50.0 Å². The van der Waals surface area contributed by atoms with Gasteiger partial charge in [0, 0.05) is 12.1 Å². The lowest BCUT2D eigenvalue weighted by Gasteiger charge is -2.32. The number of hydrogen-bond donors (Lipinski definition) is 2. The third kappa shape index (κ3) is 7.76. The summed E-state index contributed by atoms with van der Waals surface area (Å²) in [5.74, 6) is 3.48. The Balaban J connectivity index is 0.000000281. The Kier molecular flexibility index (Phi) is 11.1. The van der Waals surface area contributed by atoms with Crippen molar-refractivity contribution >= 4 is 24.8 Å². The number of methoxy groups -OCH3 is 2. The predicted octanol–water partition coefficient (Wildman–Crippen LogP) is 3.97. The number of hydrogen-bond acceptors (Lipinski definition) is 6. The summed E-state index contributed by atoms with van der Waals surface area (Å²) in [5, 5.41) is 0. The molecule has 0 aliphatic heterocycles. The van der Waals surface area contributed by atoms with Gasteiger partial charge in [-0.1, -0.05) is 0 Å². The number of halogens is 2. The van der Waals surface area contributed by atoms with Gasteiger partial charge in [-0.2, -0.15) is 0 Å². The summed E-state index contributed by atoms with van der Waals surface area (Å²) in [5.41, 5.74) is 11.3. The molecule has 8 heteroatoms. The zero-order valence-electron chi connectivity index (χ0n) is 17.4. The Morgan fingerprint density at radius 3 is 1.07 bits per heavy atom. The minimum atomic E-state index is 0. The predicted molar refractivity (Wildman–Crippen MR) is 124 cm³/mol. The Bertz CT molecular complexity index is 655. The van der Waals surface area contributed by atoms with E-state index in [2.05, 4.69) is 0 Å². The largest absolute Gasteiger partial charge is 0.497 e. The highest BCUT2D eigenvalue weighted by Gasteiger charge is 2.28. The molecule has 0 aromatic heterocycles. The lowest BCUT2D eigenvalue weighted by Crippen LogP contribution is -2.43. The van der Waals surface area contributed by atoms with E-state index in [0.29, 0.717) is 24.3 Å². The highest BCUT2D eigenvalue weighted by Crippen LogP contribution is 2.26. The molecule has 2 aromatic rings. The van der Waals surface area contributed by atoms with E-state index in [1.807, 2.05) is 48.5 Å². The van der Waals surface area contributed by atoms with Gasteiger partial charge in [-0.25, -0.2) is 0 Å². The van der Waals surface area contributed by atoms with E-state index in [0.717, 1.165) is 48.7 Å². The van der Waals surface area contributed by atoms with Crippen LogP contribution in [0, 0.1) is 0 Å². The van der Waals surface area contributed by atoms with Crippen molar-refractivity contribution < 1.29 is 18.9 Å². The van der Waals surface area contributed by atoms with Crippen LogP contribution in [0.3, 0.4) is 0 Å². The molecule has 0 unspecified atom stereocenters. The van der Waals surface area contributed by atoms with Gasteiger partial charge in [0.1, 0.15) is 35.2 Å². The molecule has 2 aliphatic rings. The summed E-state index contributed by atoms with van der Waals surface area (Å²) in [6.07, 6.45) is 4.47. The van der Waals surface area contributed by atoms with Crippen LogP contribution in [0.4, 0.5) is 0 Å². The van der Waals surface area contributed by atoms with Crippen LogP contribution in [0.15, 0.2) is 48.5 Å². The minimum Gasteiger partial charge on any atom is -0.497 e. The Morgan fingerprint density at radius 2 is 0.833 bits per heavy atom. The molecule has 0 spiro atoms. The molecule has 0 radical (unpaired) electrons. The van der Waals surface area contributed by atoms with Crippen LogP contribution in [0.5, 0.6) is 23.0 Å². The van der Waals surface area contributed by atoms with Gasteiger partial charge in [0.05, 0.1) is 14.2 Å². The van der Waals surface area contributed by atoms with Crippen molar-refractivity contribution in [3.05, 3.63) is 48.5 Å². The molecular formula is C22H32Cl2N2O4. The van der Waals surface area contributed by atoms with Gasteiger partial charge in [-0.15, -0.1) is 24.8 Å². The molecule has 4 rings (SSSR count). The molecule has 6 nitrogen and oxygen atoms in total. The van der Waals surface area contributed by atoms with Crippen LogP contribution in [0.25, 0.3) is 0 Å². The van der Waals surface area contributed by atoms with Crippen LogP contribution < -0.4 is 30.4 Å². The maximum absolute atomic E-state index is 5.68. The standard InChI is InChI=1S/2C11H15NO2.2ClH/c2*1-13-9-2-4-10(5-3-9)14-11-6-8(12)7-11;;/h2*2-5,8,11H,6-7,12H2,1H3;2*1H. The Morgan fingerprint density at radius 1 is 0.567 bits per heavy atom. The van der Waals surface area contributed by atoms with Crippen molar-refractivity contribution in [2.24, 2.45) is 11.5 Å². The molecule has 0 atom stereocenters. The molecule has 168 valence electrons. The molecule has 0 saturated heterocycles. The first-order chi connectivity index (χ1) is 13.6. The molecule has 2 fully saturated rings. The van der Waals surface area contributed by atoms with Gasteiger partial charge in [0.15, 0.2) is 0 Å². The van der Waals surface area contributed by atoms with E-state index in [1.165, 1.54) is 0 Å². The minimum absolute atomic E-state index is 0. The quantitative estimate of drug-likeness (QED) is 0.680. The number of rotatable bonds is 6. The fourth-order valence-corrected chi connectivity index (χ4v) is 3.10. The fourth-order valence-electron chi connectivity index (χ4n) is 3.10. The lowest BCUT2D eigenvalue weighted by molar-refractivity contribution is 0.101. The number of benzene rings is 2. The normalized spacial score (nSPS) is 23.6. The van der Waals surface area contributed by atoms with Crippen LogP contribution >= 0.6 is 24.8 Å². The van der Waals surface area contributed by atoms with Crippen molar-refractivity contribution in [1.29, 1.82) is 0 Å². The smallest absolute Gasteiger partial charge is 0.119 e.